The van der Waals surface area contributed by atoms with E-state index in [-0.39, 0.29) is 6.04 Å². The first-order chi connectivity index (χ1) is 9.04. The Balaban J connectivity index is 3.04. The zero-order chi connectivity index (χ0) is 14.4. The maximum absolute atomic E-state index is 6.02. The molecule has 1 aromatic rings. The summed E-state index contributed by atoms with van der Waals surface area (Å²) in [5.74, 6) is 0.936. The molecule has 0 radical (unpaired) electrons. The minimum Gasteiger partial charge on any atom is -0.496 e. The Labute approximate surface area is 117 Å². The van der Waals surface area contributed by atoms with Gasteiger partial charge in [-0.25, -0.2) is 0 Å². The third-order valence-corrected chi connectivity index (χ3v) is 3.57. The zero-order valence-corrected chi connectivity index (χ0v) is 12.9. The van der Waals surface area contributed by atoms with Gasteiger partial charge in [-0.2, -0.15) is 0 Å². The van der Waals surface area contributed by atoms with Crippen molar-refractivity contribution in [3.8, 4) is 5.75 Å². The van der Waals surface area contributed by atoms with Gasteiger partial charge in [-0.3, -0.25) is 4.90 Å². The van der Waals surface area contributed by atoms with Crippen molar-refractivity contribution in [2.75, 3.05) is 20.2 Å². The molecule has 1 atom stereocenters. The van der Waals surface area contributed by atoms with Crippen LogP contribution < -0.4 is 10.5 Å². The van der Waals surface area contributed by atoms with E-state index in [9.17, 15) is 0 Å². The Morgan fingerprint density at radius 3 is 2.42 bits per heavy atom. The second-order valence-electron chi connectivity index (χ2n) is 5.31. The third-order valence-electron chi connectivity index (χ3n) is 3.57. The smallest absolute Gasteiger partial charge is 0.121 e. The van der Waals surface area contributed by atoms with Crippen LogP contribution >= 0.6 is 0 Å². The van der Waals surface area contributed by atoms with Crippen molar-refractivity contribution >= 4 is 0 Å². The second kappa shape index (κ2) is 7.51. The molecule has 2 N–H and O–H groups in total. The van der Waals surface area contributed by atoms with Gasteiger partial charge in [-0.1, -0.05) is 19.1 Å². The maximum atomic E-state index is 6.02. The van der Waals surface area contributed by atoms with Crippen LogP contribution in [0.5, 0.6) is 5.75 Å². The van der Waals surface area contributed by atoms with Crippen molar-refractivity contribution in [2.24, 2.45) is 5.73 Å². The quantitative estimate of drug-likeness (QED) is 0.822. The number of nitrogens with two attached hydrogens (primary N) is 1. The summed E-state index contributed by atoms with van der Waals surface area (Å²) in [7, 11) is 1.71. The van der Waals surface area contributed by atoms with Gasteiger partial charge in [0.2, 0.25) is 0 Å². The molecule has 0 heterocycles. The number of nitrogens with zero attached hydrogens (tertiary/aromatic N) is 1. The lowest BCUT2D eigenvalue weighted by Crippen LogP contribution is -2.39. The Kier molecular flexibility index (Phi) is 6.32. The molecule has 1 unspecified atom stereocenters. The van der Waals surface area contributed by atoms with Crippen molar-refractivity contribution in [2.45, 2.75) is 46.2 Å². The minimum absolute atomic E-state index is 0.282. The van der Waals surface area contributed by atoms with E-state index in [1.54, 1.807) is 7.11 Å². The van der Waals surface area contributed by atoms with Crippen molar-refractivity contribution < 1.29 is 4.74 Å². The number of ether oxygens (including phenoxy) is 1. The van der Waals surface area contributed by atoms with Crippen LogP contribution in [0.4, 0.5) is 0 Å². The number of methoxy groups -OCH3 is 1. The summed E-state index contributed by atoms with van der Waals surface area (Å²) >= 11 is 0. The number of rotatable bonds is 7. The third kappa shape index (κ3) is 3.95. The average molecular weight is 264 g/mol. The molecule has 1 rings (SSSR count). The van der Waals surface area contributed by atoms with Gasteiger partial charge in [-0.05, 0) is 50.9 Å². The molecule has 108 valence electrons. The van der Waals surface area contributed by atoms with E-state index in [4.69, 9.17) is 10.5 Å². The number of hydrogen-bond donors (Lipinski definition) is 1. The summed E-state index contributed by atoms with van der Waals surface area (Å²) in [6.07, 6.45) is 1.14. The van der Waals surface area contributed by atoms with Crippen LogP contribution in [0.25, 0.3) is 0 Å². The van der Waals surface area contributed by atoms with Crippen molar-refractivity contribution in [1.29, 1.82) is 0 Å². The highest BCUT2D eigenvalue weighted by atomic mass is 16.5. The van der Waals surface area contributed by atoms with E-state index in [0.29, 0.717) is 12.6 Å². The van der Waals surface area contributed by atoms with Gasteiger partial charge in [0.1, 0.15) is 5.75 Å². The molecule has 0 bridgehead atoms. The van der Waals surface area contributed by atoms with Gasteiger partial charge in [0.05, 0.1) is 7.11 Å². The Hall–Kier alpha value is -1.06. The fourth-order valence-electron chi connectivity index (χ4n) is 2.60. The molecule has 3 heteroatoms. The Morgan fingerprint density at radius 1 is 1.32 bits per heavy atom. The number of aryl methyl sites for hydroxylation is 1. The Bertz CT molecular complexity index is 390. The van der Waals surface area contributed by atoms with Gasteiger partial charge >= 0.3 is 0 Å². The van der Waals surface area contributed by atoms with Crippen LogP contribution in [0.15, 0.2) is 18.2 Å². The van der Waals surface area contributed by atoms with Crippen LogP contribution in [0.3, 0.4) is 0 Å². The molecule has 0 amide bonds. The molecule has 3 nitrogen and oxygen atoms in total. The lowest BCUT2D eigenvalue weighted by Gasteiger charge is -2.34. The first-order valence-corrected chi connectivity index (χ1v) is 7.15. The summed E-state index contributed by atoms with van der Waals surface area (Å²) in [6, 6.07) is 7.15. The van der Waals surface area contributed by atoms with Crippen molar-refractivity contribution in [3.05, 3.63) is 29.3 Å². The minimum atomic E-state index is 0.282. The number of hydrogen-bond acceptors (Lipinski definition) is 3. The first-order valence-electron chi connectivity index (χ1n) is 7.15. The molecule has 0 saturated carbocycles. The summed E-state index contributed by atoms with van der Waals surface area (Å²) in [4.78, 5) is 2.47. The average Bonchev–Trinajstić information content (AvgIpc) is 2.38. The molecular formula is C16H28N2O. The highest BCUT2D eigenvalue weighted by Crippen LogP contribution is 2.27. The van der Waals surface area contributed by atoms with Crippen LogP contribution in [-0.2, 0) is 0 Å². The van der Waals surface area contributed by atoms with E-state index in [0.717, 1.165) is 18.7 Å². The lowest BCUT2D eigenvalue weighted by molar-refractivity contribution is 0.157. The van der Waals surface area contributed by atoms with Gasteiger partial charge in [-0.15, -0.1) is 0 Å². The summed E-state index contributed by atoms with van der Waals surface area (Å²) in [5.41, 5.74) is 8.47. The molecular weight excluding hydrogens is 236 g/mol. The van der Waals surface area contributed by atoms with E-state index in [1.807, 2.05) is 6.07 Å². The molecule has 1 aromatic carbocycles. The summed E-state index contributed by atoms with van der Waals surface area (Å²) in [5, 5.41) is 0. The maximum Gasteiger partial charge on any atom is 0.121 e. The predicted molar refractivity (Wildman–Crippen MR) is 81.7 cm³/mol. The second-order valence-corrected chi connectivity index (χ2v) is 5.31. The SMILES string of the molecule is CCCN(C(C)C)C(CN)c1ccc(OC)c(C)c1. The highest BCUT2D eigenvalue weighted by Gasteiger charge is 2.21. The van der Waals surface area contributed by atoms with E-state index >= 15 is 0 Å². The largest absolute Gasteiger partial charge is 0.496 e. The molecule has 0 aromatic heterocycles. The normalized spacial score (nSPS) is 13.1. The van der Waals surface area contributed by atoms with E-state index < -0.39 is 0 Å². The molecule has 0 saturated heterocycles. The molecule has 0 spiro atoms. The zero-order valence-electron chi connectivity index (χ0n) is 12.9. The van der Waals surface area contributed by atoms with Crippen LogP contribution in [0.2, 0.25) is 0 Å². The molecule has 19 heavy (non-hydrogen) atoms. The summed E-state index contributed by atoms with van der Waals surface area (Å²) < 4.78 is 5.32. The van der Waals surface area contributed by atoms with Crippen LogP contribution in [0.1, 0.15) is 44.4 Å². The topological polar surface area (TPSA) is 38.5 Å². The number of benzene rings is 1. The molecule has 0 aliphatic heterocycles. The monoisotopic (exact) mass is 264 g/mol. The lowest BCUT2D eigenvalue weighted by atomic mass is 10.0. The first kappa shape index (κ1) is 16.0. The standard InChI is InChI=1S/C16H28N2O/c1-6-9-18(12(2)3)15(11-17)14-7-8-16(19-5)13(4)10-14/h7-8,10,12,15H,6,9,11,17H2,1-5H3. The van der Waals surface area contributed by atoms with Crippen molar-refractivity contribution in [1.82, 2.24) is 4.90 Å². The van der Waals surface area contributed by atoms with Crippen molar-refractivity contribution in [3.63, 3.8) is 0 Å². The van der Waals surface area contributed by atoms with Crippen LogP contribution in [-0.4, -0.2) is 31.1 Å². The van der Waals surface area contributed by atoms with Gasteiger partial charge in [0, 0.05) is 18.6 Å². The van der Waals surface area contributed by atoms with E-state index in [2.05, 4.69) is 44.7 Å². The van der Waals surface area contributed by atoms with E-state index in [1.165, 1.54) is 11.1 Å². The molecule has 0 aliphatic rings. The fraction of sp³-hybridized carbons (Fsp3) is 0.625. The van der Waals surface area contributed by atoms with Gasteiger partial charge in [0.15, 0.2) is 0 Å². The highest BCUT2D eigenvalue weighted by molar-refractivity contribution is 5.37. The predicted octanol–water partition coefficient (Wildman–Crippen LogP) is 3.12. The Morgan fingerprint density at radius 2 is 2.00 bits per heavy atom. The molecule has 0 fully saturated rings. The molecule has 0 aliphatic carbocycles. The summed E-state index contributed by atoms with van der Waals surface area (Å²) in [6.45, 7) is 10.5. The van der Waals surface area contributed by atoms with Crippen LogP contribution in [0, 0.1) is 6.92 Å². The van der Waals surface area contributed by atoms with Gasteiger partial charge < -0.3 is 10.5 Å². The van der Waals surface area contributed by atoms with Gasteiger partial charge in [0.25, 0.3) is 0 Å². The fourth-order valence-corrected chi connectivity index (χ4v) is 2.60.